The summed E-state index contributed by atoms with van der Waals surface area (Å²) < 4.78 is 4.76. The first-order valence-corrected chi connectivity index (χ1v) is 6.87. The number of nitrogens with zero attached hydrogens (tertiary/aromatic N) is 1. The second-order valence-corrected chi connectivity index (χ2v) is 5.69. The number of ether oxygens (including phenoxy) is 1. The average Bonchev–Trinajstić information content (AvgIpc) is 2.97. The van der Waals surface area contributed by atoms with E-state index in [1.807, 2.05) is 24.4 Å². The molecular weight excluding hydrogens is 250 g/mol. The van der Waals surface area contributed by atoms with E-state index < -0.39 is 0 Å². The number of likely N-dealkylation sites (tertiary alicyclic amines) is 1. The lowest BCUT2D eigenvalue weighted by Crippen LogP contribution is -2.31. The van der Waals surface area contributed by atoms with Crippen molar-refractivity contribution >= 4 is 23.2 Å². The van der Waals surface area contributed by atoms with Gasteiger partial charge in [0.2, 0.25) is 5.91 Å². The topological polar surface area (TPSA) is 46.6 Å². The van der Waals surface area contributed by atoms with Gasteiger partial charge < -0.3 is 9.64 Å². The van der Waals surface area contributed by atoms with E-state index in [0.717, 1.165) is 4.88 Å². The van der Waals surface area contributed by atoms with Gasteiger partial charge in [0.15, 0.2) is 0 Å². The predicted molar refractivity (Wildman–Crippen MR) is 69.3 cm³/mol. The molecule has 1 fully saturated rings. The Kier molecular flexibility index (Phi) is 4.01. The Morgan fingerprint density at radius 3 is 2.89 bits per heavy atom. The zero-order valence-corrected chi connectivity index (χ0v) is 11.4. The van der Waals surface area contributed by atoms with Crippen LogP contribution in [0, 0.1) is 11.8 Å². The normalized spacial score (nSPS) is 23.1. The van der Waals surface area contributed by atoms with Crippen molar-refractivity contribution in [3.05, 3.63) is 22.4 Å². The summed E-state index contributed by atoms with van der Waals surface area (Å²) in [7, 11) is 1.39. The lowest BCUT2D eigenvalue weighted by molar-refractivity contribution is -0.146. The van der Waals surface area contributed by atoms with E-state index in [1.165, 1.54) is 7.11 Å². The van der Waals surface area contributed by atoms with Gasteiger partial charge in [0.1, 0.15) is 0 Å². The van der Waals surface area contributed by atoms with Crippen LogP contribution in [0.2, 0.25) is 0 Å². The molecule has 0 radical (unpaired) electrons. The number of hydrogen-bond acceptors (Lipinski definition) is 4. The fourth-order valence-electron chi connectivity index (χ4n) is 2.30. The molecule has 0 aromatic carbocycles. The van der Waals surface area contributed by atoms with E-state index in [9.17, 15) is 9.59 Å². The van der Waals surface area contributed by atoms with Crippen LogP contribution in [0.15, 0.2) is 17.5 Å². The number of carbonyl (C=O) groups is 2. The van der Waals surface area contributed by atoms with Gasteiger partial charge in [-0.25, -0.2) is 0 Å². The van der Waals surface area contributed by atoms with Crippen LogP contribution in [0.3, 0.4) is 0 Å². The Morgan fingerprint density at radius 1 is 1.50 bits per heavy atom. The first kappa shape index (κ1) is 13.1. The van der Waals surface area contributed by atoms with Crippen molar-refractivity contribution in [1.82, 2.24) is 4.90 Å². The lowest BCUT2D eigenvalue weighted by atomic mass is 9.99. The first-order chi connectivity index (χ1) is 8.61. The Morgan fingerprint density at radius 2 is 2.28 bits per heavy atom. The summed E-state index contributed by atoms with van der Waals surface area (Å²) in [6.07, 6.45) is 0.429. The third-order valence-corrected chi connectivity index (χ3v) is 4.25. The van der Waals surface area contributed by atoms with Crippen molar-refractivity contribution in [2.75, 3.05) is 20.2 Å². The van der Waals surface area contributed by atoms with Crippen molar-refractivity contribution in [3.8, 4) is 0 Å². The largest absolute Gasteiger partial charge is 0.469 e. The number of amides is 1. The van der Waals surface area contributed by atoms with Crippen LogP contribution in [0.25, 0.3) is 0 Å². The average molecular weight is 267 g/mol. The number of esters is 1. The molecule has 1 aliphatic rings. The summed E-state index contributed by atoms with van der Waals surface area (Å²) in [5.41, 5.74) is 0. The maximum absolute atomic E-state index is 12.1. The summed E-state index contributed by atoms with van der Waals surface area (Å²) in [4.78, 5) is 26.5. The SMILES string of the molecule is COC(=O)C1CN(C(=O)Cc2cccs2)CC1C. The van der Waals surface area contributed by atoms with Crippen molar-refractivity contribution in [2.45, 2.75) is 13.3 Å². The highest BCUT2D eigenvalue weighted by molar-refractivity contribution is 7.10. The molecule has 0 saturated carbocycles. The molecule has 2 heterocycles. The van der Waals surface area contributed by atoms with Crippen LogP contribution >= 0.6 is 11.3 Å². The Hall–Kier alpha value is -1.36. The standard InChI is InChI=1S/C13H17NO3S/c1-9-7-14(8-11(9)13(16)17-2)12(15)6-10-4-3-5-18-10/h3-5,9,11H,6-8H2,1-2H3. The van der Waals surface area contributed by atoms with Crippen molar-refractivity contribution in [1.29, 1.82) is 0 Å². The maximum Gasteiger partial charge on any atom is 0.310 e. The molecule has 2 rings (SSSR count). The highest BCUT2D eigenvalue weighted by atomic mass is 32.1. The van der Waals surface area contributed by atoms with Gasteiger partial charge in [-0.3, -0.25) is 9.59 Å². The highest BCUT2D eigenvalue weighted by Crippen LogP contribution is 2.25. The molecule has 2 atom stereocenters. The van der Waals surface area contributed by atoms with Gasteiger partial charge in [0.25, 0.3) is 0 Å². The Balaban J connectivity index is 1.95. The molecule has 0 spiro atoms. The summed E-state index contributed by atoms with van der Waals surface area (Å²) in [5.74, 6) is -0.128. The second-order valence-electron chi connectivity index (χ2n) is 4.66. The van der Waals surface area contributed by atoms with Crippen LogP contribution in [0.1, 0.15) is 11.8 Å². The molecular formula is C13H17NO3S. The van der Waals surface area contributed by atoms with E-state index in [-0.39, 0.29) is 23.7 Å². The van der Waals surface area contributed by atoms with E-state index in [2.05, 4.69) is 0 Å². The van der Waals surface area contributed by atoms with Crippen molar-refractivity contribution in [3.63, 3.8) is 0 Å². The molecule has 1 amide bonds. The summed E-state index contributed by atoms with van der Waals surface area (Å²) in [6.45, 7) is 3.11. The molecule has 0 aliphatic carbocycles. The van der Waals surface area contributed by atoms with Crippen LogP contribution in [0.5, 0.6) is 0 Å². The third-order valence-electron chi connectivity index (χ3n) is 3.37. The first-order valence-electron chi connectivity index (χ1n) is 5.99. The van der Waals surface area contributed by atoms with E-state index in [1.54, 1.807) is 16.2 Å². The Labute approximate surface area is 111 Å². The number of carbonyl (C=O) groups excluding carboxylic acids is 2. The predicted octanol–water partition coefficient (Wildman–Crippen LogP) is 1.56. The van der Waals surface area contributed by atoms with Crippen LogP contribution in [-0.2, 0) is 20.7 Å². The molecule has 5 heteroatoms. The molecule has 0 N–H and O–H groups in total. The number of hydrogen-bond donors (Lipinski definition) is 0. The molecule has 1 saturated heterocycles. The fourth-order valence-corrected chi connectivity index (χ4v) is 3.00. The lowest BCUT2D eigenvalue weighted by Gasteiger charge is -2.15. The molecule has 18 heavy (non-hydrogen) atoms. The van der Waals surface area contributed by atoms with Crippen molar-refractivity contribution < 1.29 is 14.3 Å². The quantitative estimate of drug-likeness (QED) is 0.781. The molecule has 1 aromatic heterocycles. The van der Waals surface area contributed by atoms with Gasteiger partial charge in [-0.1, -0.05) is 13.0 Å². The summed E-state index contributed by atoms with van der Waals surface area (Å²) in [6, 6.07) is 3.90. The van der Waals surface area contributed by atoms with E-state index >= 15 is 0 Å². The van der Waals surface area contributed by atoms with Gasteiger partial charge in [0, 0.05) is 18.0 Å². The summed E-state index contributed by atoms with van der Waals surface area (Å²) in [5, 5.41) is 1.96. The van der Waals surface area contributed by atoms with Crippen LogP contribution in [-0.4, -0.2) is 37.0 Å². The van der Waals surface area contributed by atoms with Gasteiger partial charge in [-0.15, -0.1) is 11.3 Å². The molecule has 98 valence electrons. The van der Waals surface area contributed by atoms with E-state index in [4.69, 9.17) is 4.74 Å². The smallest absolute Gasteiger partial charge is 0.310 e. The highest BCUT2D eigenvalue weighted by Gasteiger charge is 2.37. The number of methoxy groups -OCH3 is 1. The fraction of sp³-hybridized carbons (Fsp3) is 0.538. The van der Waals surface area contributed by atoms with Gasteiger partial charge >= 0.3 is 5.97 Å². The van der Waals surface area contributed by atoms with E-state index in [0.29, 0.717) is 19.5 Å². The van der Waals surface area contributed by atoms with Crippen molar-refractivity contribution in [2.24, 2.45) is 11.8 Å². The zero-order valence-electron chi connectivity index (χ0n) is 10.6. The molecule has 0 bridgehead atoms. The third kappa shape index (κ3) is 2.72. The van der Waals surface area contributed by atoms with Crippen LogP contribution in [0.4, 0.5) is 0 Å². The molecule has 1 aliphatic heterocycles. The van der Waals surface area contributed by atoms with Gasteiger partial charge in [-0.2, -0.15) is 0 Å². The monoisotopic (exact) mass is 267 g/mol. The van der Waals surface area contributed by atoms with Gasteiger partial charge in [0.05, 0.1) is 19.4 Å². The number of thiophene rings is 1. The molecule has 4 nitrogen and oxygen atoms in total. The molecule has 2 unspecified atom stereocenters. The summed E-state index contributed by atoms with van der Waals surface area (Å²) >= 11 is 1.58. The minimum atomic E-state index is -0.214. The maximum atomic E-state index is 12.1. The second kappa shape index (κ2) is 5.52. The number of rotatable bonds is 3. The minimum absolute atomic E-state index is 0.0932. The Bertz CT molecular complexity index is 429. The minimum Gasteiger partial charge on any atom is -0.469 e. The molecule has 1 aromatic rings. The van der Waals surface area contributed by atoms with Crippen LogP contribution < -0.4 is 0 Å². The van der Waals surface area contributed by atoms with Gasteiger partial charge in [-0.05, 0) is 17.4 Å². The zero-order chi connectivity index (χ0) is 13.1.